The molecule has 0 unspecified atom stereocenters. The Bertz CT molecular complexity index is 891. The van der Waals surface area contributed by atoms with Crippen molar-refractivity contribution < 1.29 is 23.5 Å². The second-order valence-electron chi connectivity index (χ2n) is 7.51. The van der Waals surface area contributed by atoms with Gasteiger partial charge in [-0.05, 0) is 51.8 Å². The summed E-state index contributed by atoms with van der Waals surface area (Å²) in [5, 5.41) is 5.08. The van der Waals surface area contributed by atoms with E-state index < -0.39 is 17.5 Å². The number of hydrogen-bond donors (Lipinski definition) is 2. The number of carbonyl (C=O) groups is 2. The highest BCUT2D eigenvalue weighted by Crippen LogP contribution is 2.31. The lowest BCUT2D eigenvalue weighted by Crippen LogP contribution is -2.27. The van der Waals surface area contributed by atoms with Gasteiger partial charge in [0.25, 0.3) is 0 Å². The molecule has 7 nitrogen and oxygen atoms in total. The van der Waals surface area contributed by atoms with Gasteiger partial charge in [-0.15, -0.1) is 0 Å². The summed E-state index contributed by atoms with van der Waals surface area (Å²) in [6.45, 7) is 5.15. The molecule has 28 heavy (non-hydrogen) atoms. The van der Waals surface area contributed by atoms with E-state index in [1.807, 2.05) is 0 Å². The Hall–Kier alpha value is -3.16. The number of amides is 2. The molecule has 2 amide bonds. The summed E-state index contributed by atoms with van der Waals surface area (Å²) >= 11 is 0. The fraction of sp³-hybridized carbons (Fsp3) is 0.350. The number of nitrogens with zero attached hydrogens (tertiary/aromatic N) is 1. The van der Waals surface area contributed by atoms with Crippen LogP contribution in [0, 0.1) is 11.7 Å². The zero-order valence-electron chi connectivity index (χ0n) is 15.9. The number of pyridine rings is 1. The van der Waals surface area contributed by atoms with E-state index in [0.29, 0.717) is 11.6 Å². The summed E-state index contributed by atoms with van der Waals surface area (Å²) in [4.78, 5) is 27.7. The molecule has 1 aromatic heterocycles. The van der Waals surface area contributed by atoms with Crippen molar-refractivity contribution in [1.82, 2.24) is 4.98 Å². The van der Waals surface area contributed by atoms with E-state index in [1.165, 1.54) is 18.3 Å². The molecule has 3 rings (SSSR count). The minimum Gasteiger partial charge on any atom is -0.457 e. The van der Waals surface area contributed by atoms with Gasteiger partial charge in [-0.2, -0.15) is 0 Å². The molecule has 1 heterocycles. The van der Waals surface area contributed by atoms with Crippen LogP contribution in [0.3, 0.4) is 0 Å². The van der Waals surface area contributed by atoms with Crippen molar-refractivity contribution in [3.05, 3.63) is 42.3 Å². The average Bonchev–Trinajstić information content (AvgIpc) is 3.41. The topological polar surface area (TPSA) is 89.6 Å². The van der Waals surface area contributed by atoms with E-state index in [4.69, 9.17) is 9.47 Å². The fourth-order valence-electron chi connectivity index (χ4n) is 2.33. The number of rotatable bonds is 5. The molecule has 0 saturated heterocycles. The van der Waals surface area contributed by atoms with Crippen molar-refractivity contribution in [2.45, 2.75) is 39.2 Å². The predicted octanol–water partition coefficient (Wildman–Crippen LogP) is 4.71. The van der Waals surface area contributed by atoms with Gasteiger partial charge in [0.2, 0.25) is 5.91 Å². The highest BCUT2D eigenvalue weighted by molar-refractivity contribution is 5.93. The van der Waals surface area contributed by atoms with Crippen LogP contribution in [-0.4, -0.2) is 22.6 Å². The van der Waals surface area contributed by atoms with Gasteiger partial charge in [-0.3, -0.25) is 10.1 Å². The predicted molar refractivity (Wildman–Crippen MR) is 102 cm³/mol. The van der Waals surface area contributed by atoms with Crippen LogP contribution in [0.2, 0.25) is 0 Å². The normalized spacial score (nSPS) is 13.6. The molecular formula is C20H22FN3O4. The summed E-state index contributed by atoms with van der Waals surface area (Å²) in [7, 11) is 0. The van der Waals surface area contributed by atoms with E-state index in [9.17, 15) is 14.0 Å². The molecule has 1 aromatic carbocycles. The van der Waals surface area contributed by atoms with Crippen molar-refractivity contribution in [3.8, 4) is 11.5 Å². The van der Waals surface area contributed by atoms with Gasteiger partial charge < -0.3 is 14.8 Å². The maximum absolute atomic E-state index is 14.3. The molecule has 0 atom stereocenters. The van der Waals surface area contributed by atoms with Gasteiger partial charge in [-0.25, -0.2) is 14.2 Å². The fourth-order valence-corrected chi connectivity index (χ4v) is 2.33. The van der Waals surface area contributed by atoms with Gasteiger partial charge >= 0.3 is 6.09 Å². The summed E-state index contributed by atoms with van der Waals surface area (Å²) in [6.07, 6.45) is 2.54. The van der Waals surface area contributed by atoms with Gasteiger partial charge in [0.05, 0.1) is 5.69 Å². The van der Waals surface area contributed by atoms with Crippen molar-refractivity contribution >= 4 is 23.5 Å². The highest BCUT2D eigenvalue weighted by atomic mass is 19.1. The zero-order chi connectivity index (χ0) is 20.3. The van der Waals surface area contributed by atoms with Crippen LogP contribution in [0.15, 0.2) is 36.5 Å². The van der Waals surface area contributed by atoms with Gasteiger partial charge in [0, 0.05) is 24.2 Å². The Labute approximate surface area is 162 Å². The maximum atomic E-state index is 14.3. The molecule has 8 heteroatoms. The quantitative estimate of drug-likeness (QED) is 0.776. The Balaban J connectivity index is 1.64. The first-order chi connectivity index (χ1) is 13.2. The molecule has 148 valence electrons. The number of nitrogens with one attached hydrogen (secondary N) is 2. The number of aromatic nitrogens is 1. The van der Waals surface area contributed by atoms with Crippen LogP contribution >= 0.6 is 0 Å². The van der Waals surface area contributed by atoms with E-state index in [2.05, 4.69) is 15.6 Å². The van der Waals surface area contributed by atoms with Crippen molar-refractivity contribution in [1.29, 1.82) is 0 Å². The van der Waals surface area contributed by atoms with Crippen molar-refractivity contribution in [2.24, 2.45) is 5.92 Å². The van der Waals surface area contributed by atoms with Crippen molar-refractivity contribution in [2.75, 3.05) is 10.6 Å². The average molecular weight is 387 g/mol. The minimum absolute atomic E-state index is 0.0197. The third kappa shape index (κ3) is 5.67. The Morgan fingerprint density at radius 3 is 2.46 bits per heavy atom. The number of halogens is 1. The van der Waals surface area contributed by atoms with Crippen LogP contribution in [0.4, 0.5) is 20.7 Å². The summed E-state index contributed by atoms with van der Waals surface area (Å²) in [6, 6.07) is 7.20. The molecule has 1 aliphatic rings. The van der Waals surface area contributed by atoms with Crippen LogP contribution in [0.5, 0.6) is 11.5 Å². The first kappa shape index (κ1) is 19.6. The Morgan fingerprint density at radius 1 is 1.11 bits per heavy atom. The smallest absolute Gasteiger partial charge is 0.412 e. The number of anilines is 2. The molecular weight excluding hydrogens is 365 g/mol. The number of ether oxygens (including phenoxy) is 2. The Kier molecular flexibility index (Phi) is 5.48. The van der Waals surface area contributed by atoms with Gasteiger partial charge in [-0.1, -0.05) is 0 Å². The maximum Gasteiger partial charge on any atom is 0.412 e. The highest BCUT2D eigenvalue weighted by Gasteiger charge is 2.29. The first-order valence-corrected chi connectivity index (χ1v) is 8.94. The lowest BCUT2D eigenvalue weighted by molar-refractivity contribution is -0.117. The monoisotopic (exact) mass is 387 g/mol. The molecule has 2 aromatic rings. The molecule has 0 bridgehead atoms. The lowest BCUT2D eigenvalue weighted by atomic mass is 10.2. The second kappa shape index (κ2) is 7.84. The third-order valence-corrected chi connectivity index (χ3v) is 3.74. The largest absolute Gasteiger partial charge is 0.457 e. The molecule has 1 saturated carbocycles. The summed E-state index contributed by atoms with van der Waals surface area (Å²) in [5.74, 6) is 0.336. The minimum atomic E-state index is -0.745. The van der Waals surface area contributed by atoms with Crippen LogP contribution in [-0.2, 0) is 9.53 Å². The van der Waals surface area contributed by atoms with Crippen LogP contribution in [0.1, 0.15) is 33.6 Å². The van der Waals surface area contributed by atoms with E-state index >= 15 is 0 Å². The number of carbonyl (C=O) groups excluding carboxylic acids is 2. The molecule has 0 aliphatic heterocycles. The van der Waals surface area contributed by atoms with Gasteiger partial charge in [0.1, 0.15) is 22.9 Å². The van der Waals surface area contributed by atoms with E-state index in [0.717, 1.165) is 18.9 Å². The molecule has 1 fully saturated rings. The van der Waals surface area contributed by atoms with Gasteiger partial charge in [0.15, 0.2) is 5.82 Å². The summed E-state index contributed by atoms with van der Waals surface area (Å²) < 4.78 is 25.0. The van der Waals surface area contributed by atoms with Crippen LogP contribution in [0.25, 0.3) is 0 Å². The molecule has 0 spiro atoms. The second-order valence-corrected chi connectivity index (χ2v) is 7.51. The van der Waals surface area contributed by atoms with Crippen LogP contribution < -0.4 is 15.4 Å². The standard InChI is InChI=1S/C20H22FN3O4/c1-20(2,3)28-19(26)23-16-7-6-13(10-15(16)21)27-14-8-9-22-17(11-14)24-18(25)12-4-5-12/h6-12H,4-5H2,1-3H3,(H,23,26)(H,22,24,25). The zero-order valence-corrected chi connectivity index (χ0v) is 15.9. The molecule has 1 aliphatic carbocycles. The third-order valence-electron chi connectivity index (χ3n) is 3.74. The molecule has 0 radical (unpaired) electrons. The molecule has 2 N–H and O–H groups in total. The first-order valence-electron chi connectivity index (χ1n) is 8.94. The number of benzene rings is 1. The van der Waals surface area contributed by atoms with E-state index in [1.54, 1.807) is 32.9 Å². The SMILES string of the molecule is CC(C)(C)OC(=O)Nc1ccc(Oc2ccnc(NC(=O)C3CC3)c2)cc1F. The lowest BCUT2D eigenvalue weighted by Gasteiger charge is -2.19. The Morgan fingerprint density at radius 2 is 1.82 bits per heavy atom. The number of hydrogen-bond acceptors (Lipinski definition) is 5. The van der Waals surface area contributed by atoms with Crippen molar-refractivity contribution in [3.63, 3.8) is 0 Å². The van der Waals surface area contributed by atoms with E-state index in [-0.39, 0.29) is 23.3 Å². The summed E-state index contributed by atoms with van der Waals surface area (Å²) in [5.41, 5.74) is -0.703.